The first-order valence-electron chi connectivity index (χ1n) is 11.1. The van der Waals surface area contributed by atoms with Gasteiger partial charge in [0.25, 0.3) is 0 Å². The molecule has 1 saturated heterocycles. The largest absolute Gasteiger partial charge is 0.485 e. The summed E-state index contributed by atoms with van der Waals surface area (Å²) in [5.41, 5.74) is -0.837. The summed E-state index contributed by atoms with van der Waals surface area (Å²) < 4.78 is 55.9. The van der Waals surface area contributed by atoms with Crippen LogP contribution in [0.2, 0.25) is 18.1 Å². The quantitative estimate of drug-likeness (QED) is 0.288. The van der Waals surface area contributed by atoms with Gasteiger partial charge < -0.3 is 13.9 Å². The Kier molecular flexibility index (Phi) is 7.15. The van der Waals surface area contributed by atoms with E-state index in [0.717, 1.165) is 12.1 Å². The Morgan fingerprint density at radius 2 is 1.94 bits per heavy atom. The van der Waals surface area contributed by atoms with Crippen molar-refractivity contribution in [1.82, 2.24) is 0 Å². The molecule has 0 spiro atoms. The van der Waals surface area contributed by atoms with Crippen LogP contribution in [0.4, 0.5) is 13.2 Å². The molecule has 1 aromatic carbocycles. The van der Waals surface area contributed by atoms with Crippen LogP contribution >= 0.6 is 0 Å². The summed E-state index contributed by atoms with van der Waals surface area (Å²) in [6.45, 7) is 10.4. The molecule has 1 aromatic rings. The van der Waals surface area contributed by atoms with Crippen molar-refractivity contribution in [2.45, 2.75) is 70.1 Å². The Balaban J connectivity index is 1.67. The molecule has 9 heteroatoms. The van der Waals surface area contributed by atoms with Crippen LogP contribution in [0.5, 0.6) is 5.75 Å². The number of carbonyl (C=O) groups is 2. The molecule has 3 rings (SSSR count). The smallest absolute Gasteiger partial charge is 0.416 e. The Hall–Kier alpha value is -2.13. The fraction of sp³-hybridized carbons (Fsp3) is 0.583. The third-order valence-corrected chi connectivity index (χ3v) is 11.4. The van der Waals surface area contributed by atoms with E-state index in [1.807, 2.05) is 0 Å². The summed E-state index contributed by atoms with van der Waals surface area (Å²) in [6, 6.07) is 4.41. The van der Waals surface area contributed by atoms with Gasteiger partial charge in [0.05, 0.1) is 18.1 Å². The van der Waals surface area contributed by atoms with Crippen molar-refractivity contribution in [2.75, 3.05) is 6.61 Å². The van der Waals surface area contributed by atoms with Crippen LogP contribution in [0.25, 0.3) is 0 Å². The van der Waals surface area contributed by atoms with E-state index < -0.39 is 20.1 Å². The number of esters is 1. The minimum atomic E-state index is -4.48. The monoisotopic (exact) mass is 484 g/mol. The number of fused-ring (bicyclic) bond motifs is 1. The third-order valence-electron chi connectivity index (χ3n) is 6.85. The van der Waals surface area contributed by atoms with Gasteiger partial charge in [0, 0.05) is 18.3 Å². The summed E-state index contributed by atoms with van der Waals surface area (Å²) in [5, 5.41) is 0.00422. The van der Waals surface area contributed by atoms with Crippen LogP contribution in [-0.4, -0.2) is 38.9 Å². The van der Waals surface area contributed by atoms with E-state index in [0.29, 0.717) is 6.42 Å². The van der Waals surface area contributed by atoms with Crippen LogP contribution in [0.1, 0.15) is 39.2 Å². The maximum atomic E-state index is 12.8. The zero-order valence-corrected chi connectivity index (χ0v) is 20.6. The summed E-state index contributed by atoms with van der Waals surface area (Å²) >= 11 is 0. The van der Waals surface area contributed by atoms with Crippen molar-refractivity contribution >= 4 is 20.1 Å². The van der Waals surface area contributed by atoms with Gasteiger partial charge in [-0.15, -0.1) is 0 Å². The number of alkyl halides is 3. The van der Waals surface area contributed by atoms with Crippen LogP contribution in [0, 0.1) is 11.8 Å². The number of ketones is 1. The van der Waals surface area contributed by atoms with E-state index in [2.05, 4.69) is 33.9 Å². The SMILES string of the molecule is CC(C)(C)[Si](C)(C)O[C@@H]1C[C@@H]2OC(=O)C[C@@H]2[C@H]1/C=C/C(=O)COc1cccc(C(F)(F)F)c1. The van der Waals surface area contributed by atoms with E-state index in [1.165, 1.54) is 18.2 Å². The van der Waals surface area contributed by atoms with Crippen LogP contribution in [0.3, 0.4) is 0 Å². The second-order valence-corrected chi connectivity index (χ2v) is 15.0. The highest BCUT2D eigenvalue weighted by Gasteiger charge is 2.52. The minimum absolute atomic E-state index is 0.00422. The second kappa shape index (κ2) is 9.25. The molecule has 0 unspecified atom stereocenters. The molecule has 0 radical (unpaired) electrons. The van der Waals surface area contributed by atoms with Gasteiger partial charge in [0.2, 0.25) is 0 Å². The zero-order chi connectivity index (χ0) is 24.6. The highest BCUT2D eigenvalue weighted by atomic mass is 28.4. The molecule has 1 aliphatic carbocycles. The van der Waals surface area contributed by atoms with E-state index in [9.17, 15) is 22.8 Å². The molecule has 4 atom stereocenters. The Morgan fingerprint density at radius 3 is 2.58 bits per heavy atom. The zero-order valence-electron chi connectivity index (χ0n) is 19.6. The van der Waals surface area contributed by atoms with E-state index in [1.54, 1.807) is 6.08 Å². The standard InChI is InChI=1S/C24H31F3O5Si/c1-23(2,3)33(4,5)32-21-13-20-19(12-22(29)31-20)18(21)10-9-16(28)14-30-17-8-6-7-15(11-17)24(25,26)27/h6-11,18-21H,12-14H2,1-5H3/b10-9+/t18-,19-,20+,21-/m1/s1. The van der Waals surface area contributed by atoms with Gasteiger partial charge in [-0.2, -0.15) is 13.2 Å². The van der Waals surface area contributed by atoms with Gasteiger partial charge in [-0.25, -0.2) is 0 Å². The molecule has 1 saturated carbocycles. The molecular formula is C24H31F3O5Si. The molecule has 1 aliphatic heterocycles. The van der Waals surface area contributed by atoms with E-state index >= 15 is 0 Å². The maximum Gasteiger partial charge on any atom is 0.416 e. The molecule has 0 N–H and O–H groups in total. The summed E-state index contributed by atoms with van der Waals surface area (Å²) in [4.78, 5) is 24.2. The lowest BCUT2D eigenvalue weighted by Gasteiger charge is -2.39. The molecule has 0 bridgehead atoms. The number of hydrogen-bond donors (Lipinski definition) is 0. The summed E-state index contributed by atoms with van der Waals surface area (Å²) in [6.07, 6.45) is -0.866. The fourth-order valence-electron chi connectivity index (χ4n) is 4.03. The van der Waals surface area contributed by atoms with Crippen molar-refractivity contribution in [2.24, 2.45) is 11.8 Å². The average molecular weight is 485 g/mol. The van der Waals surface area contributed by atoms with Crippen LogP contribution < -0.4 is 4.74 Å². The Bertz CT molecular complexity index is 919. The lowest BCUT2D eigenvalue weighted by atomic mass is 9.91. The van der Waals surface area contributed by atoms with E-state index in [4.69, 9.17) is 13.9 Å². The molecule has 2 aliphatic rings. The first-order valence-corrected chi connectivity index (χ1v) is 14.0. The fourth-order valence-corrected chi connectivity index (χ4v) is 5.39. The summed E-state index contributed by atoms with van der Waals surface area (Å²) in [5.74, 6) is -0.865. The number of benzene rings is 1. The van der Waals surface area contributed by atoms with Crippen molar-refractivity contribution in [3.63, 3.8) is 0 Å². The van der Waals surface area contributed by atoms with Crippen LogP contribution in [0.15, 0.2) is 36.4 Å². The second-order valence-electron chi connectivity index (χ2n) is 10.3. The molecule has 5 nitrogen and oxygen atoms in total. The number of hydrogen-bond acceptors (Lipinski definition) is 5. The highest BCUT2D eigenvalue weighted by Crippen LogP contribution is 2.47. The van der Waals surface area contributed by atoms with Crippen molar-refractivity contribution < 1.29 is 36.7 Å². The maximum absolute atomic E-state index is 12.8. The van der Waals surface area contributed by atoms with Gasteiger partial charge in [-0.1, -0.05) is 32.9 Å². The van der Waals surface area contributed by atoms with Gasteiger partial charge in [-0.05, 0) is 42.4 Å². The average Bonchev–Trinajstić information content (AvgIpc) is 3.18. The van der Waals surface area contributed by atoms with Crippen molar-refractivity contribution in [3.8, 4) is 5.75 Å². The molecule has 0 amide bonds. The Labute approximate surface area is 193 Å². The molecule has 1 heterocycles. The highest BCUT2D eigenvalue weighted by molar-refractivity contribution is 6.74. The molecule has 33 heavy (non-hydrogen) atoms. The van der Waals surface area contributed by atoms with Gasteiger partial charge in [0.15, 0.2) is 20.7 Å². The lowest BCUT2D eigenvalue weighted by Crippen LogP contribution is -2.45. The number of rotatable bonds is 7. The minimum Gasteiger partial charge on any atom is -0.485 e. The summed E-state index contributed by atoms with van der Waals surface area (Å²) in [7, 11) is -2.09. The van der Waals surface area contributed by atoms with Crippen molar-refractivity contribution in [3.05, 3.63) is 42.0 Å². The predicted molar refractivity (Wildman–Crippen MR) is 119 cm³/mol. The third kappa shape index (κ3) is 6.06. The van der Waals surface area contributed by atoms with Gasteiger partial charge in [-0.3, -0.25) is 9.59 Å². The first-order chi connectivity index (χ1) is 15.2. The lowest BCUT2D eigenvalue weighted by molar-refractivity contribution is -0.142. The topological polar surface area (TPSA) is 61.8 Å². The molecule has 182 valence electrons. The number of carbonyl (C=O) groups excluding carboxylic acids is 2. The van der Waals surface area contributed by atoms with Gasteiger partial charge >= 0.3 is 12.1 Å². The van der Waals surface area contributed by atoms with Gasteiger partial charge in [0.1, 0.15) is 11.9 Å². The molecule has 2 fully saturated rings. The normalized spacial score (nSPS) is 25.9. The van der Waals surface area contributed by atoms with Crippen molar-refractivity contribution in [1.29, 1.82) is 0 Å². The number of ether oxygens (including phenoxy) is 2. The number of halogens is 3. The molecule has 0 aromatic heterocycles. The predicted octanol–water partition coefficient (Wildman–Crippen LogP) is 5.55. The first kappa shape index (κ1) is 25.5. The van der Waals surface area contributed by atoms with E-state index in [-0.39, 0.29) is 59.6 Å². The Morgan fingerprint density at radius 1 is 1.24 bits per heavy atom. The molecular weight excluding hydrogens is 453 g/mol. The van der Waals surface area contributed by atoms with Crippen LogP contribution in [-0.2, 0) is 24.9 Å².